The van der Waals surface area contributed by atoms with Crippen LogP contribution < -0.4 is 24.8 Å². The molecule has 9 heteroatoms. The van der Waals surface area contributed by atoms with Gasteiger partial charge in [0.15, 0.2) is 0 Å². The van der Waals surface area contributed by atoms with Crippen LogP contribution in [0.25, 0.3) is 11.1 Å². The molecule has 0 aliphatic carbocycles. The summed E-state index contributed by atoms with van der Waals surface area (Å²) in [6, 6.07) is 20.4. The molecule has 2 aliphatic rings. The van der Waals surface area contributed by atoms with Crippen LogP contribution >= 0.6 is 0 Å². The first kappa shape index (κ1) is 24.5. The van der Waals surface area contributed by atoms with Crippen molar-refractivity contribution in [2.24, 2.45) is 0 Å². The largest absolute Gasteiger partial charge is 0.497 e. The number of rotatable bonds is 4. The first-order chi connectivity index (χ1) is 18.0. The van der Waals surface area contributed by atoms with Gasteiger partial charge in [0.1, 0.15) is 23.9 Å². The Morgan fingerprint density at radius 3 is 2.54 bits per heavy atom. The molecule has 0 bridgehead atoms. The molecule has 192 valence electrons. The molecule has 1 fully saturated rings. The molecule has 1 atom stereocenters. The molecule has 9 nitrogen and oxygen atoms in total. The Morgan fingerprint density at radius 1 is 0.973 bits per heavy atom. The second kappa shape index (κ2) is 10.8. The average molecular weight is 503 g/mol. The molecule has 37 heavy (non-hydrogen) atoms. The summed E-state index contributed by atoms with van der Waals surface area (Å²) in [5.41, 5.74) is 3.21. The Balaban J connectivity index is 1.30. The van der Waals surface area contributed by atoms with Gasteiger partial charge in [0.25, 0.3) is 0 Å². The maximum Gasteiger partial charge on any atom is 0.321 e. The highest BCUT2D eigenvalue weighted by Gasteiger charge is 2.32. The maximum absolute atomic E-state index is 13.0. The quantitative estimate of drug-likeness (QED) is 0.562. The van der Waals surface area contributed by atoms with Crippen LogP contribution in [0.1, 0.15) is 0 Å². The van der Waals surface area contributed by atoms with Gasteiger partial charge in [-0.15, -0.1) is 0 Å². The summed E-state index contributed by atoms with van der Waals surface area (Å²) in [6.07, 6.45) is 0. The minimum atomic E-state index is -0.194. The van der Waals surface area contributed by atoms with Crippen molar-refractivity contribution in [3.8, 4) is 28.4 Å². The van der Waals surface area contributed by atoms with Crippen LogP contribution in [0.4, 0.5) is 16.2 Å². The molecule has 0 spiro atoms. The standard InChI is InChI=1S/C28H30N4O5/c1-35-23-7-3-5-19(13-23)20-9-10-26-25(14-20)30-27(33)17-31-11-12-32(16-22(31)18-37-26)28(34)29-21-6-4-8-24(15-21)36-2/h3-10,13-15,22H,11-12,16-18H2,1-2H3,(H,29,34)(H,30,33)/t22-/m1/s1. The number of piperazine rings is 1. The van der Waals surface area contributed by atoms with E-state index in [1.807, 2.05) is 60.7 Å². The van der Waals surface area contributed by atoms with E-state index in [4.69, 9.17) is 14.2 Å². The van der Waals surface area contributed by atoms with Crippen LogP contribution in [0.2, 0.25) is 0 Å². The van der Waals surface area contributed by atoms with E-state index in [-0.39, 0.29) is 24.5 Å². The second-order valence-corrected chi connectivity index (χ2v) is 9.03. The minimum Gasteiger partial charge on any atom is -0.497 e. The first-order valence-electron chi connectivity index (χ1n) is 12.2. The monoisotopic (exact) mass is 502 g/mol. The number of carbonyl (C=O) groups is 2. The third kappa shape index (κ3) is 5.62. The van der Waals surface area contributed by atoms with Crippen molar-refractivity contribution < 1.29 is 23.8 Å². The second-order valence-electron chi connectivity index (χ2n) is 9.03. The first-order valence-corrected chi connectivity index (χ1v) is 12.2. The normalized spacial score (nSPS) is 17.6. The van der Waals surface area contributed by atoms with Crippen LogP contribution in [0.15, 0.2) is 66.7 Å². The van der Waals surface area contributed by atoms with Gasteiger partial charge in [0.2, 0.25) is 5.91 Å². The lowest BCUT2D eigenvalue weighted by Crippen LogP contribution is -2.58. The van der Waals surface area contributed by atoms with Crippen molar-refractivity contribution in [3.05, 3.63) is 66.7 Å². The lowest BCUT2D eigenvalue weighted by Gasteiger charge is -2.40. The molecule has 3 amide bonds. The number of fused-ring (bicyclic) bond motifs is 2. The van der Waals surface area contributed by atoms with Crippen molar-refractivity contribution in [1.82, 2.24) is 9.80 Å². The molecule has 0 aromatic heterocycles. The SMILES string of the molecule is COc1cccc(NC(=O)N2CCN3CC(=O)Nc4cc(-c5cccc(OC)c5)ccc4OC[C@H]3C2)c1. The van der Waals surface area contributed by atoms with Gasteiger partial charge in [-0.2, -0.15) is 0 Å². The molecule has 0 radical (unpaired) electrons. The summed E-state index contributed by atoms with van der Waals surface area (Å²) in [7, 11) is 3.22. The lowest BCUT2D eigenvalue weighted by molar-refractivity contribution is -0.118. The molecule has 2 N–H and O–H groups in total. The lowest BCUT2D eigenvalue weighted by atomic mass is 10.0. The predicted octanol–water partition coefficient (Wildman–Crippen LogP) is 3.92. The summed E-state index contributed by atoms with van der Waals surface area (Å²) < 4.78 is 16.8. The summed E-state index contributed by atoms with van der Waals surface area (Å²) in [6.45, 7) is 2.09. The summed E-state index contributed by atoms with van der Waals surface area (Å²) in [4.78, 5) is 29.7. The van der Waals surface area contributed by atoms with Gasteiger partial charge < -0.3 is 29.7 Å². The average Bonchev–Trinajstić information content (AvgIpc) is 2.99. The minimum absolute atomic E-state index is 0.117. The Morgan fingerprint density at radius 2 is 1.73 bits per heavy atom. The zero-order valence-electron chi connectivity index (χ0n) is 20.9. The molecule has 5 rings (SSSR count). The van der Waals surface area contributed by atoms with Crippen LogP contribution in [-0.4, -0.2) is 74.8 Å². The predicted molar refractivity (Wildman–Crippen MR) is 142 cm³/mol. The highest BCUT2D eigenvalue weighted by Crippen LogP contribution is 2.33. The van der Waals surface area contributed by atoms with Crippen molar-refractivity contribution >= 4 is 23.3 Å². The number of benzene rings is 3. The zero-order valence-corrected chi connectivity index (χ0v) is 20.9. The molecule has 3 aromatic rings. The van der Waals surface area contributed by atoms with Crippen molar-refractivity contribution in [3.63, 3.8) is 0 Å². The van der Waals surface area contributed by atoms with E-state index in [2.05, 4.69) is 15.5 Å². The van der Waals surface area contributed by atoms with Gasteiger partial charge in [0, 0.05) is 31.4 Å². The number of hydrogen-bond acceptors (Lipinski definition) is 6. The number of hydrogen-bond donors (Lipinski definition) is 2. The molecule has 2 aliphatic heterocycles. The fourth-order valence-electron chi connectivity index (χ4n) is 4.64. The molecule has 1 saturated heterocycles. The zero-order chi connectivity index (χ0) is 25.8. The van der Waals surface area contributed by atoms with Crippen LogP contribution in [0.5, 0.6) is 17.2 Å². The van der Waals surface area contributed by atoms with E-state index < -0.39 is 0 Å². The number of urea groups is 1. The Kier molecular flexibility index (Phi) is 7.14. The smallest absolute Gasteiger partial charge is 0.321 e. The van der Waals surface area contributed by atoms with Gasteiger partial charge in [-0.1, -0.05) is 24.3 Å². The van der Waals surface area contributed by atoms with E-state index in [0.29, 0.717) is 49.1 Å². The molecule has 0 unspecified atom stereocenters. The van der Waals surface area contributed by atoms with Crippen molar-refractivity contribution in [2.45, 2.75) is 6.04 Å². The third-order valence-electron chi connectivity index (χ3n) is 6.65. The van der Waals surface area contributed by atoms with Gasteiger partial charge >= 0.3 is 6.03 Å². The van der Waals surface area contributed by atoms with E-state index >= 15 is 0 Å². The number of ether oxygens (including phenoxy) is 3. The number of methoxy groups -OCH3 is 2. The van der Waals surface area contributed by atoms with E-state index in [9.17, 15) is 9.59 Å². The molecule has 0 saturated carbocycles. The highest BCUT2D eigenvalue weighted by molar-refractivity contribution is 5.95. The van der Waals surface area contributed by atoms with E-state index in [1.165, 1.54) is 0 Å². The Bertz CT molecular complexity index is 1300. The Labute approximate surface area is 215 Å². The fourth-order valence-corrected chi connectivity index (χ4v) is 4.64. The molecule has 2 heterocycles. The van der Waals surface area contributed by atoms with Crippen molar-refractivity contribution in [2.75, 3.05) is 57.6 Å². The van der Waals surface area contributed by atoms with Crippen molar-refractivity contribution in [1.29, 1.82) is 0 Å². The van der Waals surface area contributed by atoms with Gasteiger partial charge in [0.05, 0.1) is 32.5 Å². The third-order valence-corrected chi connectivity index (χ3v) is 6.65. The summed E-state index contributed by atoms with van der Waals surface area (Å²) in [5, 5.41) is 5.95. The maximum atomic E-state index is 13.0. The number of anilines is 2. The highest BCUT2D eigenvalue weighted by atomic mass is 16.5. The Hall–Kier alpha value is -4.24. The van der Waals surface area contributed by atoms with E-state index in [0.717, 1.165) is 16.9 Å². The molecular formula is C28H30N4O5. The molecular weight excluding hydrogens is 472 g/mol. The van der Waals surface area contributed by atoms with Gasteiger partial charge in [-0.3, -0.25) is 9.69 Å². The summed E-state index contributed by atoms with van der Waals surface area (Å²) in [5.74, 6) is 1.92. The number of amides is 3. The summed E-state index contributed by atoms with van der Waals surface area (Å²) >= 11 is 0. The number of nitrogens with zero attached hydrogens (tertiary/aromatic N) is 2. The molecule has 3 aromatic carbocycles. The van der Waals surface area contributed by atoms with Crippen LogP contribution in [-0.2, 0) is 4.79 Å². The topological polar surface area (TPSA) is 92.4 Å². The fraction of sp³-hybridized carbons (Fsp3) is 0.286. The van der Waals surface area contributed by atoms with Crippen LogP contribution in [0.3, 0.4) is 0 Å². The number of nitrogens with one attached hydrogen (secondary N) is 2. The van der Waals surface area contributed by atoms with Crippen LogP contribution in [0, 0.1) is 0 Å². The van der Waals surface area contributed by atoms with E-state index in [1.54, 1.807) is 25.2 Å². The van der Waals surface area contributed by atoms with Gasteiger partial charge in [-0.05, 0) is 47.5 Å². The number of carbonyl (C=O) groups excluding carboxylic acids is 2. The van der Waals surface area contributed by atoms with Gasteiger partial charge in [-0.25, -0.2) is 4.79 Å².